The average Bonchev–Trinajstić information content (AvgIpc) is 2.80. The Morgan fingerprint density at radius 1 is 1.57 bits per heavy atom. The summed E-state index contributed by atoms with van der Waals surface area (Å²) in [6.45, 7) is 8.18. The second-order valence-electron chi connectivity index (χ2n) is 5.13. The highest BCUT2D eigenvalue weighted by molar-refractivity contribution is 7.90. The smallest absolute Gasteiger partial charge is 0.136 e. The van der Waals surface area contributed by atoms with Crippen molar-refractivity contribution in [2.75, 3.05) is 6.61 Å². The van der Waals surface area contributed by atoms with Crippen molar-refractivity contribution in [3.8, 4) is 0 Å². The lowest BCUT2D eigenvalue weighted by Gasteiger charge is -2.26. The lowest BCUT2D eigenvalue weighted by molar-refractivity contribution is 0.264. The molecule has 3 nitrogen and oxygen atoms in total. The Hall–Kier alpha value is 0.230. The summed E-state index contributed by atoms with van der Waals surface area (Å²) in [7, 11) is 0. The highest BCUT2D eigenvalue weighted by atomic mass is 32.2. The van der Waals surface area contributed by atoms with E-state index in [1.54, 1.807) is 0 Å². The third-order valence-corrected chi connectivity index (χ3v) is 4.40. The quantitative estimate of drug-likeness (QED) is 0.695. The van der Waals surface area contributed by atoms with Gasteiger partial charge in [-0.25, -0.2) is 0 Å². The van der Waals surface area contributed by atoms with Crippen LogP contribution in [0.3, 0.4) is 0 Å². The molecule has 0 spiro atoms. The summed E-state index contributed by atoms with van der Waals surface area (Å²) in [5.74, 6) is 0.931. The van der Waals surface area contributed by atoms with Crippen molar-refractivity contribution in [1.29, 1.82) is 0 Å². The fraction of sp³-hybridized carbons (Fsp3) is 1.00. The Morgan fingerprint density at radius 3 is 2.50 bits per heavy atom. The van der Waals surface area contributed by atoms with Gasteiger partial charge in [-0.1, -0.05) is 0 Å². The average molecular weight is 219 g/mol. The molecular formula is C10H21NO2S. The van der Waals surface area contributed by atoms with E-state index in [4.69, 9.17) is 5.11 Å². The van der Waals surface area contributed by atoms with Crippen LogP contribution in [0, 0.1) is 11.8 Å². The van der Waals surface area contributed by atoms with Crippen LogP contribution in [-0.2, 0) is 11.4 Å². The molecule has 1 aliphatic carbocycles. The summed E-state index contributed by atoms with van der Waals surface area (Å²) < 4.78 is 14.6. The van der Waals surface area contributed by atoms with Gasteiger partial charge in [0.25, 0.3) is 0 Å². The maximum Gasteiger partial charge on any atom is 0.136 e. The molecule has 2 N–H and O–H groups in total. The first-order valence-corrected chi connectivity index (χ1v) is 6.30. The van der Waals surface area contributed by atoms with Gasteiger partial charge < -0.3 is 9.66 Å². The molecule has 0 aliphatic heterocycles. The molecule has 14 heavy (non-hydrogen) atoms. The molecule has 0 aromatic heterocycles. The van der Waals surface area contributed by atoms with E-state index >= 15 is 0 Å². The topological polar surface area (TPSA) is 55.3 Å². The predicted octanol–water partition coefficient (Wildman–Crippen LogP) is 1.06. The van der Waals surface area contributed by atoms with E-state index in [9.17, 15) is 4.55 Å². The first kappa shape index (κ1) is 12.3. The van der Waals surface area contributed by atoms with Crippen molar-refractivity contribution in [1.82, 2.24) is 4.72 Å². The molecule has 4 atom stereocenters. The normalized spacial score (nSPS) is 31.3. The summed E-state index contributed by atoms with van der Waals surface area (Å²) >= 11 is -0.997. The zero-order valence-electron chi connectivity index (χ0n) is 9.41. The van der Waals surface area contributed by atoms with Crippen molar-refractivity contribution >= 4 is 11.4 Å². The molecule has 1 saturated carbocycles. The fourth-order valence-electron chi connectivity index (χ4n) is 1.53. The van der Waals surface area contributed by atoms with Crippen LogP contribution in [0.25, 0.3) is 0 Å². The third kappa shape index (κ3) is 3.12. The minimum absolute atomic E-state index is 0.210. The zero-order chi connectivity index (χ0) is 10.9. The van der Waals surface area contributed by atoms with Gasteiger partial charge in [0.2, 0.25) is 0 Å². The fourth-order valence-corrected chi connectivity index (χ4v) is 2.39. The van der Waals surface area contributed by atoms with E-state index < -0.39 is 11.4 Å². The van der Waals surface area contributed by atoms with Gasteiger partial charge in [-0.05, 0) is 46.0 Å². The van der Waals surface area contributed by atoms with Crippen molar-refractivity contribution in [3.63, 3.8) is 0 Å². The molecule has 0 amide bonds. The third-order valence-electron chi connectivity index (χ3n) is 2.70. The molecule has 4 heteroatoms. The van der Waals surface area contributed by atoms with Gasteiger partial charge in [-0.2, -0.15) is 0 Å². The molecule has 1 fully saturated rings. The Morgan fingerprint density at radius 2 is 2.14 bits per heavy atom. The Kier molecular flexibility index (Phi) is 3.86. The van der Waals surface area contributed by atoms with Crippen LogP contribution in [0.1, 0.15) is 34.1 Å². The van der Waals surface area contributed by atoms with E-state index in [2.05, 4.69) is 4.72 Å². The second kappa shape index (κ2) is 4.39. The van der Waals surface area contributed by atoms with E-state index in [-0.39, 0.29) is 17.4 Å². The number of aliphatic hydroxyl groups excluding tert-OH is 1. The maximum atomic E-state index is 11.7. The highest BCUT2D eigenvalue weighted by Gasteiger charge is 2.43. The monoisotopic (exact) mass is 219 g/mol. The lowest BCUT2D eigenvalue weighted by Crippen LogP contribution is -2.44. The van der Waals surface area contributed by atoms with E-state index in [0.29, 0.717) is 11.8 Å². The molecule has 1 rings (SSSR count). The van der Waals surface area contributed by atoms with Gasteiger partial charge in [0.1, 0.15) is 4.75 Å². The highest BCUT2D eigenvalue weighted by Crippen LogP contribution is 2.41. The molecule has 0 aromatic carbocycles. The molecule has 0 heterocycles. The van der Waals surface area contributed by atoms with Crippen LogP contribution in [0.5, 0.6) is 0 Å². The molecule has 0 aromatic rings. The molecule has 0 saturated heterocycles. The van der Waals surface area contributed by atoms with Crippen LogP contribution >= 0.6 is 0 Å². The van der Waals surface area contributed by atoms with Gasteiger partial charge in [0.05, 0.1) is 6.04 Å². The van der Waals surface area contributed by atoms with Crippen molar-refractivity contribution in [3.05, 3.63) is 0 Å². The predicted molar refractivity (Wildman–Crippen MR) is 59.2 cm³/mol. The Bertz CT molecular complexity index is 193. The summed E-state index contributed by atoms with van der Waals surface area (Å²) in [6.07, 6.45) is 1.06. The number of hydrogen-bond donors (Lipinski definition) is 2. The second-order valence-corrected chi connectivity index (χ2v) is 7.13. The van der Waals surface area contributed by atoms with E-state index in [0.717, 1.165) is 6.42 Å². The van der Waals surface area contributed by atoms with Gasteiger partial charge in [0.15, 0.2) is 0 Å². The van der Waals surface area contributed by atoms with Gasteiger partial charge in [0, 0.05) is 18.0 Å². The number of rotatable bonds is 4. The van der Waals surface area contributed by atoms with Crippen LogP contribution in [0.4, 0.5) is 0 Å². The summed E-state index contributed by atoms with van der Waals surface area (Å²) in [5, 5.41) is 8.92. The number of hydrogen-bond acceptors (Lipinski definition) is 3. The van der Waals surface area contributed by atoms with Gasteiger partial charge in [-0.3, -0.25) is 0 Å². The van der Waals surface area contributed by atoms with E-state index in [1.807, 2.05) is 27.7 Å². The molecule has 84 valence electrons. The van der Waals surface area contributed by atoms with Gasteiger partial charge in [-0.15, -0.1) is 4.72 Å². The summed E-state index contributed by atoms with van der Waals surface area (Å²) in [6, 6.07) is 0.243. The molecule has 0 radical (unpaired) electrons. The summed E-state index contributed by atoms with van der Waals surface area (Å²) in [4.78, 5) is 0. The van der Waals surface area contributed by atoms with Crippen LogP contribution in [-0.4, -0.2) is 27.1 Å². The maximum absolute atomic E-state index is 11.7. The van der Waals surface area contributed by atoms with Crippen molar-refractivity contribution in [2.24, 2.45) is 11.8 Å². The lowest BCUT2D eigenvalue weighted by atomic mass is 10.2. The standard InChI is InChI=1S/C10H21NO2S/c1-7(9-5-8(9)6-12)11-14(13)10(2,3)4/h7-9,11-12H,5-6H2,1-4H3/t7-,8-,9-,14?/m0/s1. The van der Waals surface area contributed by atoms with Crippen LogP contribution < -0.4 is 4.72 Å². The van der Waals surface area contributed by atoms with Crippen LogP contribution in [0.15, 0.2) is 0 Å². The molecular weight excluding hydrogens is 198 g/mol. The van der Waals surface area contributed by atoms with Gasteiger partial charge >= 0.3 is 0 Å². The number of aliphatic hydroxyl groups is 1. The zero-order valence-corrected chi connectivity index (χ0v) is 10.2. The molecule has 1 aliphatic rings. The molecule has 0 bridgehead atoms. The SMILES string of the molecule is C[C@H](N[S+]([O-])C(C)(C)C)[C@@H]1C[C@H]1CO. The number of nitrogens with one attached hydrogen (secondary N) is 1. The first-order chi connectivity index (χ1) is 6.36. The Balaban J connectivity index is 2.31. The molecule has 1 unspecified atom stereocenters. The van der Waals surface area contributed by atoms with E-state index in [1.165, 1.54) is 0 Å². The largest absolute Gasteiger partial charge is 0.598 e. The minimum atomic E-state index is -0.997. The van der Waals surface area contributed by atoms with Crippen molar-refractivity contribution in [2.45, 2.75) is 44.9 Å². The van der Waals surface area contributed by atoms with Crippen LogP contribution in [0.2, 0.25) is 0 Å². The summed E-state index contributed by atoms with van der Waals surface area (Å²) in [5.41, 5.74) is 0. The minimum Gasteiger partial charge on any atom is -0.598 e. The Labute approximate surface area is 89.6 Å². The van der Waals surface area contributed by atoms with Crippen molar-refractivity contribution < 1.29 is 9.66 Å². The first-order valence-electron chi connectivity index (χ1n) is 5.15.